The average Bonchev–Trinajstić information content (AvgIpc) is 1.68. The van der Waals surface area contributed by atoms with Crippen molar-refractivity contribution in [1.29, 1.82) is 0 Å². The van der Waals surface area contributed by atoms with Gasteiger partial charge in [0.2, 0.25) is 0 Å². The Labute approximate surface area is 46.4 Å². The van der Waals surface area contributed by atoms with Crippen LogP contribution < -0.4 is 0 Å². The Hall–Kier alpha value is -0.0500. The van der Waals surface area contributed by atoms with Crippen LogP contribution in [0.5, 0.6) is 0 Å². The minimum absolute atomic E-state index is 0.302. The van der Waals surface area contributed by atoms with Crippen LogP contribution in [0.25, 0.3) is 0 Å². The summed E-state index contributed by atoms with van der Waals surface area (Å²) in [6.45, 7) is 2.59. The maximum Gasteiger partial charge on any atom is 0.467 e. The molecule has 0 N–H and O–H groups in total. The Morgan fingerprint density at radius 1 is 1.71 bits per heavy atom. The fraction of sp³-hybridized carbons (Fsp3) is 1.00. The molecule has 0 aromatic rings. The van der Waals surface area contributed by atoms with Crippen molar-refractivity contribution in [1.82, 2.24) is 0 Å². The van der Waals surface area contributed by atoms with Crippen molar-refractivity contribution in [3.05, 3.63) is 0 Å². The fourth-order valence-electron chi connectivity index (χ4n) is 0.0223. The van der Waals surface area contributed by atoms with Crippen molar-refractivity contribution in [2.45, 2.75) is 18.6 Å². The van der Waals surface area contributed by atoms with Crippen molar-refractivity contribution in [2.24, 2.45) is 0 Å². The fourth-order valence-corrected chi connectivity index (χ4v) is 0.0668. The molecule has 0 bridgehead atoms. The molecule has 0 aromatic heterocycles. The lowest BCUT2D eigenvalue weighted by Crippen LogP contribution is -2.19. The molecule has 0 aliphatic carbocycles. The van der Waals surface area contributed by atoms with Crippen LogP contribution in [0.15, 0.2) is 0 Å². The molecule has 42 valence electrons. The van der Waals surface area contributed by atoms with Gasteiger partial charge < -0.3 is 0 Å². The minimum atomic E-state index is -0.722. The predicted octanol–water partition coefficient (Wildman–Crippen LogP) is 1.16. The summed E-state index contributed by atoms with van der Waals surface area (Å²) in [5.41, 5.74) is 0. The van der Waals surface area contributed by atoms with Gasteiger partial charge in [0, 0.05) is 18.1 Å². The number of hydrogen-bond acceptors (Lipinski definition) is 1. The van der Waals surface area contributed by atoms with E-state index in [0.717, 1.165) is 0 Å². The van der Waals surface area contributed by atoms with Gasteiger partial charge in [-0.05, 0) is 0 Å². The lowest BCUT2D eigenvalue weighted by molar-refractivity contribution is 0.423. The van der Waals surface area contributed by atoms with Crippen LogP contribution >= 0.6 is 0 Å². The van der Waals surface area contributed by atoms with Crippen LogP contribution in [-0.2, 0) is 15.9 Å². The van der Waals surface area contributed by atoms with Gasteiger partial charge in [-0.15, -0.1) is 0 Å². The van der Waals surface area contributed by atoms with Crippen LogP contribution in [0.1, 0.15) is 13.8 Å². The Kier molecular flexibility index (Phi) is 2.29. The third-order valence-corrected chi connectivity index (χ3v) is 1.11. The molecule has 0 amide bonds. The van der Waals surface area contributed by atoms with Crippen LogP contribution in [-0.4, -0.2) is 11.4 Å². The average molecular weight is 123 g/mol. The van der Waals surface area contributed by atoms with E-state index in [4.69, 9.17) is 0 Å². The molecule has 7 heavy (non-hydrogen) atoms. The Morgan fingerprint density at radius 3 is 2.14 bits per heavy atom. The van der Waals surface area contributed by atoms with Gasteiger partial charge in [-0.3, -0.25) is 0 Å². The highest BCUT2D eigenvalue weighted by atomic mass is 32.1. The van der Waals surface area contributed by atoms with Gasteiger partial charge in [-0.2, -0.15) is 0 Å². The molecular formula is C4H8FOS+. The first-order chi connectivity index (χ1) is 3.12. The van der Waals surface area contributed by atoms with Crippen molar-refractivity contribution in [3.63, 3.8) is 0 Å². The highest BCUT2D eigenvalue weighted by molar-refractivity contribution is 7.67. The first-order valence-corrected chi connectivity index (χ1v) is 2.73. The van der Waals surface area contributed by atoms with E-state index >= 15 is 0 Å². The number of halogens is 1. The molecule has 0 radical (unpaired) electrons. The zero-order chi connectivity index (χ0) is 5.91. The topological polar surface area (TPSA) is 17.1 Å². The zero-order valence-electron chi connectivity index (χ0n) is 4.40. The second-order valence-corrected chi connectivity index (χ2v) is 3.25. The molecular weight excluding hydrogens is 115 g/mol. The van der Waals surface area contributed by atoms with Crippen molar-refractivity contribution >= 4 is 11.7 Å². The highest BCUT2D eigenvalue weighted by Crippen LogP contribution is 2.03. The van der Waals surface area contributed by atoms with Gasteiger partial charge in [0.15, 0.2) is 6.67 Å². The molecule has 0 unspecified atom stereocenters. The Balaban J connectivity index is 3.58. The third-order valence-electron chi connectivity index (χ3n) is 0.547. The van der Waals surface area contributed by atoms with E-state index in [2.05, 4.69) is 0 Å². The van der Waals surface area contributed by atoms with E-state index in [1.165, 1.54) is 0 Å². The van der Waals surface area contributed by atoms with Gasteiger partial charge in [0.05, 0.1) is 0 Å². The van der Waals surface area contributed by atoms with Crippen molar-refractivity contribution in [3.8, 4) is 0 Å². The van der Waals surface area contributed by atoms with E-state index in [0.29, 0.717) is 11.7 Å². The molecule has 0 saturated heterocycles. The standard InChI is InChI=1S/C4H8FOS/c1-4(2,3-5)7-6/h3H2,1-2H3/q+1. The lowest BCUT2D eigenvalue weighted by Gasteiger charge is -1.92. The molecule has 0 atom stereocenters. The SMILES string of the molecule is CC(C)(CF)[S+]=O. The van der Waals surface area contributed by atoms with Crippen LogP contribution in [0.2, 0.25) is 0 Å². The minimum Gasteiger partial charge on any atom is -0.244 e. The first kappa shape index (κ1) is 6.95. The summed E-state index contributed by atoms with van der Waals surface area (Å²) >= 11 is 0.302. The van der Waals surface area contributed by atoms with E-state index in [1.807, 2.05) is 0 Å². The lowest BCUT2D eigenvalue weighted by atomic mass is 10.2. The summed E-state index contributed by atoms with van der Waals surface area (Å²) in [6, 6.07) is 0. The normalized spacial score (nSPS) is 11.3. The van der Waals surface area contributed by atoms with E-state index < -0.39 is 11.4 Å². The van der Waals surface area contributed by atoms with E-state index in [1.54, 1.807) is 13.8 Å². The van der Waals surface area contributed by atoms with Gasteiger partial charge in [0.25, 0.3) is 4.75 Å². The molecule has 3 heteroatoms. The summed E-state index contributed by atoms with van der Waals surface area (Å²) in [6.07, 6.45) is 0. The highest BCUT2D eigenvalue weighted by Gasteiger charge is 2.32. The maximum atomic E-state index is 11.6. The van der Waals surface area contributed by atoms with Crippen LogP contribution in [0.3, 0.4) is 0 Å². The predicted molar refractivity (Wildman–Crippen MR) is 28.1 cm³/mol. The Bertz CT molecular complexity index is 72.1. The van der Waals surface area contributed by atoms with Crippen LogP contribution in [0, 0.1) is 0 Å². The monoisotopic (exact) mass is 123 g/mol. The van der Waals surface area contributed by atoms with E-state index in [9.17, 15) is 8.60 Å². The quantitative estimate of drug-likeness (QED) is 0.503. The number of hydrogen-bond donors (Lipinski definition) is 0. The van der Waals surface area contributed by atoms with E-state index in [-0.39, 0.29) is 0 Å². The second-order valence-electron chi connectivity index (χ2n) is 1.98. The Morgan fingerprint density at radius 2 is 2.14 bits per heavy atom. The molecule has 0 rings (SSSR count). The van der Waals surface area contributed by atoms with Gasteiger partial charge >= 0.3 is 11.7 Å². The molecule has 1 nitrogen and oxygen atoms in total. The molecule has 0 aliphatic heterocycles. The van der Waals surface area contributed by atoms with Crippen LogP contribution in [0.4, 0.5) is 4.39 Å². The first-order valence-electron chi connectivity index (χ1n) is 1.99. The molecule has 0 saturated carbocycles. The number of alkyl halides is 1. The molecule has 0 fully saturated rings. The third kappa shape index (κ3) is 2.62. The maximum absolute atomic E-state index is 11.6. The van der Waals surface area contributed by atoms with Crippen molar-refractivity contribution in [2.75, 3.05) is 6.67 Å². The molecule has 0 aromatic carbocycles. The smallest absolute Gasteiger partial charge is 0.244 e. The van der Waals surface area contributed by atoms with Gasteiger partial charge in [-0.25, -0.2) is 4.39 Å². The zero-order valence-corrected chi connectivity index (χ0v) is 5.22. The largest absolute Gasteiger partial charge is 0.467 e. The molecule has 0 spiro atoms. The molecule has 0 aliphatic rings. The van der Waals surface area contributed by atoms with Crippen molar-refractivity contribution < 1.29 is 8.60 Å². The molecule has 0 heterocycles. The summed E-state index contributed by atoms with van der Waals surface area (Å²) in [5.74, 6) is 0. The second kappa shape index (κ2) is 2.31. The van der Waals surface area contributed by atoms with Gasteiger partial charge in [-0.1, -0.05) is 0 Å². The number of rotatable bonds is 2. The summed E-state index contributed by atoms with van der Waals surface area (Å²) in [4.78, 5) is 0. The summed E-state index contributed by atoms with van der Waals surface area (Å²) in [5, 5.41) is 0. The summed E-state index contributed by atoms with van der Waals surface area (Å²) < 4.78 is 20.7. The summed E-state index contributed by atoms with van der Waals surface area (Å²) in [7, 11) is 0. The van der Waals surface area contributed by atoms with Gasteiger partial charge in [0.1, 0.15) is 0 Å².